The van der Waals surface area contributed by atoms with E-state index in [4.69, 9.17) is 10.5 Å². The van der Waals surface area contributed by atoms with Gasteiger partial charge in [0.25, 0.3) is 0 Å². The molecule has 2 N–H and O–H groups in total. The maximum Gasteiger partial charge on any atom is 0.310 e. The van der Waals surface area contributed by atoms with Crippen molar-refractivity contribution in [3.05, 3.63) is 35.9 Å². The van der Waals surface area contributed by atoms with Gasteiger partial charge in [-0.2, -0.15) is 0 Å². The molecule has 0 heterocycles. The van der Waals surface area contributed by atoms with Gasteiger partial charge in [-0.1, -0.05) is 30.3 Å². The predicted molar refractivity (Wildman–Crippen MR) is 66.4 cm³/mol. The van der Waals surface area contributed by atoms with Crippen molar-refractivity contribution in [1.82, 2.24) is 0 Å². The van der Waals surface area contributed by atoms with Gasteiger partial charge in [0.1, 0.15) is 0 Å². The second kappa shape index (κ2) is 5.87. The minimum atomic E-state index is -0.700. The number of hydrogen-bond donors (Lipinski definition) is 1. The van der Waals surface area contributed by atoms with E-state index in [-0.39, 0.29) is 24.3 Å². The standard InChI is InChI=1S/C12H17NO2.ClH/c1-9(11(14)15-3)12(2,13)10-7-5-4-6-8-10;/h4-9H,13H2,1-3H3;1H/t9-,12+;/m1./s1. The lowest BCUT2D eigenvalue weighted by Crippen LogP contribution is -2.44. The predicted octanol–water partition coefficient (Wildman–Crippen LogP) is 2.09. The number of ether oxygens (including phenoxy) is 1. The molecule has 4 heteroatoms. The van der Waals surface area contributed by atoms with Crippen molar-refractivity contribution in [2.24, 2.45) is 11.7 Å². The van der Waals surface area contributed by atoms with Crippen LogP contribution in [0.15, 0.2) is 30.3 Å². The van der Waals surface area contributed by atoms with Crippen molar-refractivity contribution in [1.29, 1.82) is 0 Å². The monoisotopic (exact) mass is 243 g/mol. The third kappa shape index (κ3) is 2.97. The topological polar surface area (TPSA) is 52.3 Å². The van der Waals surface area contributed by atoms with Crippen LogP contribution in [0.4, 0.5) is 0 Å². The molecule has 0 fully saturated rings. The van der Waals surface area contributed by atoms with Crippen molar-refractivity contribution in [3.63, 3.8) is 0 Å². The fourth-order valence-electron chi connectivity index (χ4n) is 1.47. The number of benzene rings is 1. The number of carbonyl (C=O) groups is 1. The fourth-order valence-corrected chi connectivity index (χ4v) is 1.47. The Morgan fingerprint density at radius 3 is 2.31 bits per heavy atom. The van der Waals surface area contributed by atoms with E-state index in [1.807, 2.05) is 37.3 Å². The van der Waals surface area contributed by atoms with Gasteiger partial charge in [-0.3, -0.25) is 4.79 Å². The second-order valence-electron chi connectivity index (χ2n) is 3.89. The molecule has 0 saturated heterocycles. The Labute approximate surface area is 102 Å². The molecule has 1 aromatic carbocycles. The largest absolute Gasteiger partial charge is 0.469 e. The van der Waals surface area contributed by atoms with Crippen molar-refractivity contribution in [2.45, 2.75) is 19.4 Å². The van der Waals surface area contributed by atoms with Gasteiger partial charge in [0.05, 0.1) is 18.6 Å². The second-order valence-corrected chi connectivity index (χ2v) is 3.89. The van der Waals surface area contributed by atoms with Crippen LogP contribution in [-0.2, 0) is 15.1 Å². The maximum atomic E-state index is 11.4. The van der Waals surface area contributed by atoms with Crippen LogP contribution in [0.25, 0.3) is 0 Å². The zero-order chi connectivity index (χ0) is 11.5. The number of halogens is 1. The Hall–Kier alpha value is -1.06. The Morgan fingerprint density at radius 2 is 1.88 bits per heavy atom. The lowest BCUT2D eigenvalue weighted by molar-refractivity contribution is -0.147. The van der Waals surface area contributed by atoms with Crippen LogP contribution >= 0.6 is 12.4 Å². The lowest BCUT2D eigenvalue weighted by Gasteiger charge is -2.30. The van der Waals surface area contributed by atoms with E-state index in [0.717, 1.165) is 5.56 Å². The Morgan fingerprint density at radius 1 is 1.38 bits per heavy atom. The van der Waals surface area contributed by atoms with Crippen LogP contribution in [0.5, 0.6) is 0 Å². The minimum Gasteiger partial charge on any atom is -0.469 e. The van der Waals surface area contributed by atoms with Crippen LogP contribution in [0, 0.1) is 5.92 Å². The van der Waals surface area contributed by atoms with Gasteiger partial charge in [-0.25, -0.2) is 0 Å². The van der Waals surface area contributed by atoms with Crippen LogP contribution < -0.4 is 5.73 Å². The smallest absolute Gasteiger partial charge is 0.310 e. The first-order valence-electron chi connectivity index (χ1n) is 4.92. The Kier molecular flexibility index (Phi) is 5.48. The molecule has 16 heavy (non-hydrogen) atoms. The van der Waals surface area contributed by atoms with E-state index in [0.29, 0.717) is 0 Å². The highest BCUT2D eigenvalue weighted by molar-refractivity contribution is 5.85. The maximum absolute atomic E-state index is 11.4. The van der Waals surface area contributed by atoms with Gasteiger partial charge in [0, 0.05) is 0 Å². The molecule has 0 spiro atoms. The summed E-state index contributed by atoms with van der Waals surface area (Å²) in [5.74, 6) is -0.659. The summed E-state index contributed by atoms with van der Waals surface area (Å²) < 4.78 is 4.70. The molecule has 0 aliphatic heterocycles. The number of hydrogen-bond acceptors (Lipinski definition) is 3. The van der Waals surface area contributed by atoms with Crippen LogP contribution in [0.3, 0.4) is 0 Å². The van der Waals surface area contributed by atoms with E-state index >= 15 is 0 Å². The molecule has 0 bridgehead atoms. The van der Waals surface area contributed by atoms with E-state index in [1.54, 1.807) is 6.92 Å². The summed E-state index contributed by atoms with van der Waals surface area (Å²) in [6.07, 6.45) is 0. The van der Waals surface area contributed by atoms with Crippen LogP contribution in [0.1, 0.15) is 19.4 Å². The number of esters is 1. The van der Waals surface area contributed by atoms with Crippen molar-refractivity contribution >= 4 is 18.4 Å². The first-order chi connectivity index (χ1) is 7.00. The van der Waals surface area contributed by atoms with E-state index in [1.165, 1.54) is 7.11 Å². The summed E-state index contributed by atoms with van der Waals surface area (Å²) in [4.78, 5) is 11.4. The summed E-state index contributed by atoms with van der Waals surface area (Å²) in [6, 6.07) is 9.57. The van der Waals surface area contributed by atoms with Crippen LogP contribution in [-0.4, -0.2) is 13.1 Å². The number of carbonyl (C=O) groups excluding carboxylic acids is 1. The van der Waals surface area contributed by atoms with Gasteiger partial charge < -0.3 is 10.5 Å². The summed E-state index contributed by atoms with van der Waals surface area (Å²) in [7, 11) is 1.37. The highest BCUT2D eigenvalue weighted by atomic mass is 35.5. The summed E-state index contributed by atoms with van der Waals surface area (Å²) in [5.41, 5.74) is 6.39. The third-order valence-electron chi connectivity index (χ3n) is 2.85. The zero-order valence-corrected chi connectivity index (χ0v) is 10.6. The van der Waals surface area contributed by atoms with Gasteiger partial charge in [-0.15, -0.1) is 12.4 Å². The molecule has 2 atom stereocenters. The molecule has 1 rings (SSSR count). The first kappa shape index (κ1) is 14.9. The quantitative estimate of drug-likeness (QED) is 0.828. The van der Waals surface area contributed by atoms with Crippen molar-refractivity contribution < 1.29 is 9.53 Å². The molecule has 0 aromatic heterocycles. The minimum absolute atomic E-state index is 0. The van der Waals surface area contributed by atoms with Crippen LogP contribution in [0.2, 0.25) is 0 Å². The summed E-state index contributed by atoms with van der Waals surface area (Å²) in [5, 5.41) is 0. The van der Waals surface area contributed by atoms with Gasteiger partial charge >= 0.3 is 5.97 Å². The molecule has 1 aromatic rings. The van der Waals surface area contributed by atoms with Crippen molar-refractivity contribution in [2.75, 3.05) is 7.11 Å². The molecular weight excluding hydrogens is 226 g/mol. The fraction of sp³-hybridized carbons (Fsp3) is 0.417. The van der Waals surface area contributed by atoms with Crippen molar-refractivity contribution in [3.8, 4) is 0 Å². The first-order valence-corrected chi connectivity index (χ1v) is 4.92. The van der Waals surface area contributed by atoms with E-state index < -0.39 is 5.54 Å². The average Bonchev–Trinajstić information content (AvgIpc) is 2.28. The number of methoxy groups -OCH3 is 1. The third-order valence-corrected chi connectivity index (χ3v) is 2.85. The van der Waals surface area contributed by atoms with Gasteiger partial charge in [-0.05, 0) is 19.4 Å². The normalized spacial score (nSPS) is 15.5. The molecule has 3 nitrogen and oxygen atoms in total. The molecule has 0 radical (unpaired) electrons. The lowest BCUT2D eigenvalue weighted by atomic mass is 9.81. The number of rotatable bonds is 3. The van der Waals surface area contributed by atoms with Gasteiger partial charge in [0.2, 0.25) is 0 Å². The summed E-state index contributed by atoms with van der Waals surface area (Å²) in [6.45, 7) is 3.61. The molecule has 90 valence electrons. The molecular formula is C12H18ClNO2. The highest BCUT2D eigenvalue weighted by Crippen LogP contribution is 2.26. The molecule has 0 amide bonds. The van der Waals surface area contributed by atoms with E-state index in [2.05, 4.69) is 0 Å². The molecule has 0 aliphatic carbocycles. The van der Waals surface area contributed by atoms with E-state index in [9.17, 15) is 4.79 Å². The average molecular weight is 244 g/mol. The molecule has 0 unspecified atom stereocenters. The zero-order valence-electron chi connectivity index (χ0n) is 9.77. The molecule has 0 saturated carbocycles. The molecule has 0 aliphatic rings. The Balaban J connectivity index is 0.00000225. The number of nitrogens with two attached hydrogens (primary N) is 1. The SMILES string of the molecule is COC(=O)[C@@H](C)[C@](C)(N)c1ccccc1.Cl. The summed E-state index contributed by atoms with van der Waals surface area (Å²) >= 11 is 0. The Bertz CT molecular complexity index is 338. The highest BCUT2D eigenvalue weighted by Gasteiger charge is 2.34. The van der Waals surface area contributed by atoms with Gasteiger partial charge in [0.15, 0.2) is 0 Å².